The van der Waals surface area contributed by atoms with Crippen LogP contribution in [0.25, 0.3) is 0 Å². The normalized spacial score (nSPS) is 21.6. The first kappa shape index (κ1) is 11.5. The van der Waals surface area contributed by atoms with Crippen molar-refractivity contribution in [3.05, 3.63) is 0 Å². The first-order valence-electron chi connectivity index (χ1n) is 6.14. The maximum absolute atomic E-state index is 6.00. The van der Waals surface area contributed by atoms with Crippen molar-refractivity contribution in [2.75, 3.05) is 6.54 Å². The van der Waals surface area contributed by atoms with Crippen LogP contribution in [0.4, 0.5) is 0 Å². The van der Waals surface area contributed by atoms with Crippen LogP contribution in [0.1, 0.15) is 58.3 Å². The zero-order valence-electron chi connectivity index (χ0n) is 9.47. The zero-order chi connectivity index (χ0) is 10.2. The second-order valence-corrected chi connectivity index (χ2v) is 4.35. The summed E-state index contributed by atoms with van der Waals surface area (Å²) >= 11 is 0. The molecule has 0 amide bonds. The lowest BCUT2D eigenvalue weighted by Gasteiger charge is -2.19. The fourth-order valence-corrected chi connectivity index (χ4v) is 2.12. The predicted octanol–water partition coefficient (Wildman–Crippen LogP) is 3.11. The minimum absolute atomic E-state index is 0.585. The van der Waals surface area contributed by atoms with Crippen molar-refractivity contribution in [1.82, 2.24) is 0 Å². The van der Waals surface area contributed by atoms with Gasteiger partial charge in [0.15, 0.2) is 0 Å². The molecule has 2 N–H and O–H groups in total. The highest BCUT2D eigenvalue weighted by Crippen LogP contribution is 2.22. The predicted molar refractivity (Wildman–Crippen MR) is 62.6 cm³/mol. The fourth-order valence-electron chi connectivity index (χ4n) is 2.12. The molecule has 0 spiro atoms. The molecule has 14 heavy (non-hydrogen) atoms. The molecule has 1 saturated carbocycles. The van der Waals surface area contributed by atoms with Gasteiger partial charge in [-0.05, 0) is 19.3 Å². The Morgan fingerprint density at radius 1 is 1.14 bits per heavy atom. The molecule has 0 aliphatic heterocycles. The summed E-state index contributed by atoms with van der Waals surface area (Å²) in [5, 5.41) is 0. The smallest absolute Gasteiger partial charge is 0.0968 e. The number of hydrogen-bond donors (Lipinski definition) is 1. The fraction of sp³-hybridized carbons (Fsp3) is 0.917. The van der Waals surface area contributed by atoms with Gasteiger partial charge in [0, 0.05) is 12.5 Å². The van der Waals surface area contributed by atoms with Gasteiger partial charge in [0.1, 0.15) is 0 Å². The molecular weight excluding hydrogens is 172 g/mol. The van der Waals surface area contributed by atoms with Gasteiger partial charge in [-0.25, -0.2) is 0 Å². The topological polar surface area (TPSA) is 38.4 Å². The van der Waals surface area contributed by atoms with Crippen molar-refractivity contribution in [3.63, 3.8) is 0 Å². The van der Waals surface area contributed by atoms with E-state index in [1.807, 2.05) is 0 Å². The van der Waals surface area contributed by atoms with Gasteiger partial charge in [0.2, 0.25) is 0 Å². The van der Waals surface area contributed by atoms with Crippen LogP contribution in [0.3, 0.4) is 0 Å². The average molecular weight is 196 g/mol. The zero-order valence-corrected chi connectivity index (χ0v) is 9.47. The molecule has 0 aromatic heterocycles. The summed E-state index contributed by atoms with van der Waals surface area (Å²) in [6.45, 7) is 3.05. The van der Waals surface area contributed by atoms with E-state index >= 15 is 0 Å². The maximum Gasteiger partial charge on any atom is 0.0968 e. The Hall–Kier alpha value is -0.530. The molecule has 0 heterocycles. The van der Waals surface area contributed by atoms with E-state index in [9.17, 15) is 0 Å². The Bertz CT molecular complexity index is 167. The van der Waals surface area contributed by atoms with E-state index in [1.54, 1.807) is 0 Å². The number of hydrogen-bond acceptors (Lipinski definition) is 1. The summed E-state index contributed by atoms with van der Waals surface area (Å²) in [6.07, 6.45) is 10.5. The van der Waals surface area contributed by atoms with Gasteiger partial charge in [-0.1, -0.05) is 39.0 Å². The standard InChI is InChI=1S/C12H24N2/c1-2-10-14-12(13)11-8-6-4-3-5-7-9-11/h11H,2-10H2,1H3,(H2,13,14). The lowest BCUT2D eigenvalue weighted by Crippen LogP contribution is -2.25. The van der Waals surface area contributed by atoms with E-state index in [2.05, 4.69) is 11.9 Å². The van der Waals surface area contributed by atoms with Crippen molar-refractivity contribution in [2.24, 2.45) is 16.6 Å². The van der Waals surface area contributed by atoms with Crippen molar-refractivity contribution in [2.45, 2.75) is 58.3 Å². The van der Waals surface area contributed by atoms with Crippen LogP contribution in [0.5, 0.6) is 0 Å². The molecule has 0 bridgehead atoms. The van der Waals surface area contributed by atoms with E-state index in [0.717, 1.165) is 18.8 Å². The first-order chi connectivity index (χ1) is 6.84. The van der Waals surface area contributed by atoms with Gasteiger partial charge < -0.3 is 5.73 Å². The second kappa shape index (κ2) is 6.86. The maximum atomic E-state index is 6.00. The molecule has 1 rings (SSSR count). The van der Waals surface area contributed by atoms with E-state index < -0.39 is 0 Å². The van der Waals surface area contributed by atoms with Gasteiger partial charge in [-0.15, -0.1) is 0 Å². The van der Waals surface area contributed by atoms with Gasteiger partial charge in [-0.2, -0.15) is 0 Å². The molecule has 1 aliphatic rings. The molecular formula is C12H24N2. The SMILES string of the molecule is CCCN=C(N)C1CCCCCCC1. The second-order valence-electron chi connectivity index (χ2n) is 4.35. The molecule has 0 aromatic rings. The van der Waals surface area contributed by atoms with Gasteiger partial charge >= 0.3 is 0 Å². The minimum atomic E-state index is 0.585. The summed E-state index contributed by atoms with van der Waals surface area (Å²) in [5.41, 5.74) is 6.00. The molecule has 0 atom stereocenters. The molecule has 0 aromatic carbocycles. The molecule has 2 nitrogen and oxygen atoms in total. The number of nitrogens with zero attached hydrogens (tertiary/aromatic N) is 1. The molecule has 0 radical (unpaired) electrons. The van der Waals surface area contributed by atoms with Gasteiger partial charge in [0.25, 0.3) is 0 Å². The number of rotatable bonds is 3. The van der Waals surface area contributed by atoms with E-state index in [0.29, 0.717) is 5.92 Å². The quantitative estimate of drug-likeness (QED) is 0.546. The highest BCUT2D eigenvalue weighted by atomic mass is 14.9. The molecule has 82 valence electrons. The van der Waals surface area contributed by atoms with Crippen LogP contribution in [-0.4, -0.2) is 12.4 Å². The van der Waals surface area contributed by atoms with Crippen LogP contribution in [0.2, 0.25) is 0 Å². The first-order valence-corrected chi connectivity index (χ1v) is 6.14. The van der Waals surface area contributed by atoms with Crippen molar-refractivity contribution >= 4 is 5.84 Å². The Kier molecular flexibility index (Phi) is 5.65. The van der Waals surface area contributed by atoms with Gasteiger partial charge in [0.05, 0.1) is 5.84 Å². The van der Waals surface area contributed by atoms with E-state index in [1.165, 1.54) is 44.9 Å². The number of aliphatic imine (C=N–C) groups is 1. The Morgan fingerprint density at radius 3 is 2.29 bits per heavy atom. The van der Waals surface area contributed by atoms with E-state index in [4.69, 9.17) is 5.73 Å². The van der Waals surface area contributed by atoms with Crippen molar-refractivity contribution in [3.8, 4) is 0 Å². The Morgan fingerprint density at radius 2 is 1.71 bits per heavy atom. The van der Waals surface area contributed by atoms with Crippen LogP contribution in [0.15, 0.2) is 4.99 Å². The summed E-state index contributed by atoms with van der Waals surface area (Å²) in [5.74, 6) is 1.51. The Balaban J connectivity index is 2.38. The van der Waals surface area contributed by atoms with Gasteiger partial charge in [-0.3, -0.25) is 4.99 Å². The van der Waals surface area contributed by atoms with Crippen LogP contribution in [-0.2, 0) is 0 Å². The summed E-state index contributed by atoms with van der Waals surface area (Å²) in [6, 6.07) is 0. The monoisotopic (exact) mass is 196 g/mol. The largest absolute Gasteiger partial charge is 0.387 e. The number of nitrogens with two attached hydrogens (primary N) is 1. The summed E-state index contributed by atoms with van der Waals surface area (Å²) < 4.78 is 0. The lowest BCUT2D eigenvalue weighted by molar-refractivity contribution is 0.449. The summed E-state index contributed by atoms with van der Waals surface area (Å²) in [4.78, 5) is 4.43. The van der Waals surface area contributed by atoms with Crippen molar-refractivity contribution < 1.29 is 0 Å². The lowest BCUT2D eigenvalue weighted by atomic mass is 9.90. The number of amidine groups is 1. The molecule has 0 unspecified atom stereocenters. The average Bonchev–Trinajstić information content (AvgIpc) is 2.13. The van der Waals surface area contributed by atoms with Crippen LogP contribution in [0, 0.1) is 5.92 Å². The molecule has 1 aliphatic carbocycles. The van der Waals surface area contributed by atoms with E-state index in [-0.39, 0.29) is 0 Å². The highest BCUT2D eigenvalue weighted by molar-refractivity contribution is 5.82. The molecule has 2 heteroatoms. The Labute approximate surface area is 88.0 Å². The third-order valence-electron chi connectivity index (χ3n) is 3.04. The molecule has 0 saturated heterocycles. The third kappa shape index (κ3) is 4.12. The minimum Gasteiger partial charge on any atom is -0.387 e. The van der Waals surface area contributed by atoms with Crippen LogP contribution >= 0.6 is 0 Å². The van der Waals surface area contributed by atoms with Crippen molar-refractivity contribution in [1.29, 1.82) is 0 Å². The van der Waals surface area contributed by atoms with Crippen LogP contribution < -0.4 is 5.73 Å². The highest BCUT2D eigenvalue weighted by Gasteiger charge is 2.14. The summed E-state index contributed by atoms with van der Waals surface area (Å²) in [7, 11) is 0. The molecule has 1 fully saturated rings. The third-order valence-corrected chi connectivity index (χ3v) is 3.04.